The Kier molecular flexibility index (Phi) is 10.4. The molecule has 2 N–H and O–H groups in total. The predicted octanol–water partition coefficient (Wildman–Crippen LogP) is 8.11. The lowest BCUT2D eigenvalue weighted by atomic mass is 10.0. The molecule has 0 saturated carbocycles. The minimum atomic E-state index is -0.693. The van der Waals surface area contributed by atoms with Gasteiger partial charge in [0.25, 0.3) is 5.91 Å². The summed E-state index contributed by atoms with van der Waals surface area (Å²) in [6, 6.07) is 19.4. The molecule has 0 unspecified atom stereocenters. The predicted molar refractivity (Wildman–Crippen MR) is 181 cm³/mol. The number of methoxy groups -OCH3 is 1. The minimum Gasteiger partial charge on any atom is -0.493 e. The molecule has 4 aromatic carbocycles. The molecule has 0 spiro atoms. The lowest BCUT2D eigenvalue weighted by Gasteiger charge is -2.13. The van der Waals surface area contributed by atoms with E-state index in [2.05, 4.69) is 15.5 Å². The average Bonchev–Trinajstić information content (AvgIpc) is 3.42. The van der Waals surface area contributed by atoms with Gasteiger partial charge in [0.15, 0.2) is 23.0 Å². The normalized spacial score (nSPS) is 11.0. The number of carbonyl (C=O) groups is 3. The van der Waals surface area contributed by atoms with Crippen molar-refractivity contribution in [3.63, 3.8) is 0 Å². The van der Waals surface area contributed by atoms with E-state index >= 15 is 0 Å². The van der Waals surface area contributed by atoms with E-state index in [0.29, 0.717) is 42.7 Å². The van der Waals surface area contributed by atoms with Crippen LogP contribution in [-0.4, -0.2) is 42.8 Å². The van der Waals surface area contributed by atoms with Gasteiger partial charge in [0, 0.05) is 39.0 Å². The maximum atomic E-state index is 13.4. The van der Waals surface area contributed by atoms with Crippen LogP contribution in [0.2, 0.25) is 15.1 Å². The molecule has 0 radical (unpaired) electrons. The van der Waals surface area contributed by atoms with Crippen molar-refractivity contribution in [2.75, 3.05) is 13.7 Å². The van der Waals surface area contributed by atoms with Gasteiger partial charge in [-0.1, -0.05) is 53.0 Å². The summed E-state index contributed by atoms with van der Waals surface area (Å²) >= 11 is 19.3. The van der Waals surface area contributed by atoms with Crippen LogP contribution in [0.4, 0.5) is 0 Å². The van der Waals surface area contributed by atoms with E-state index in [1.165, 1.54) is 44.5 Å². The highest BCUT2D eigenvalue weighted by Gasteiger charge is 2.23. The highest BCUT2D eigenvalue weighted by molar-refractivity contribution is 6.41. The molecule has 0 atom stereocenters. The monoisotopic (exact) mass is 693 g/mol. The van der Waals surface area contributed by atoms with Gasteiger partial charge in [-0.25, -0.2) is 10.2 Å². The number of aromatic nitrogens is 1. The van der Waals surface area contributed by atoms with Gasteiger partial charge in [-0.2, -0.15) is 5.10 Å². The molecule has 5 rings (SSSR count). The first-order chi connectivity index (χ1) is 22.6. The first-order valence-electron chi connectivity index (χ1n) is 14.0. The Morgan fingerprint density at radius 3 is 2.34 bits per heavy atom. The van der Waals surface area contributed by atoms with E-state index < -0.39 is 17.8 Å². The Hall–Kier alpha value is -5.03. The Bertz CT molecular complexity index is 2040. The zero-order chi connectivity index (χ0) is 33.7. The number of hydrogen-bond acceptors (Lipinski definition) is 8. The number of esters is 2. The number of ether oxygens (including phenoxy) is 4. The van der Waals surface area contributed by atoms with Crippen LogP contribution in [0.5, 0.6) is 23.0 Å². The maximum Gasteiger partial charge on any atom is 0.343 e. The van der Waals surface area contributed by atoms with Crippen LogP contribution in [0.1, 0.15) is 40.3 Å². The third-order valence-corrected chi connectivity index (χ3v) is 7.53. The van der Waals surface area contributed by atoms with Gasteiger partial charge in [0.2, 0.25) is 0 Å². The summed E-state index contributed by atoms with van der Waals surface area (Å²) in [6.07, 6.45) is 1.41. The summed E-state index contributed by atoms with van der Waals surface area (Å²) in [7, 11) is 1.39. The van der Waals surface area contributed by atoms with Crippen LogP contribution in [0.3, 0.4) is 0 Å². The highest BCUT2D eigenvalue weighted by atomic mass is 35.5. The van der Waals surface area contributed by atoms with Gasteiger partial charge >= 0.3 is 11.9 Å². The smallest absolute Gasteiger partial charge is 0.343 e. The summed E-state index contributed by atoms with van der Waals surface area (Å²) in [5.41, 5.74) is 5.07. The lowest BCUT2D eigenvalue weighted by molar-refractivity contribution is -0.132. The molecule has 10 nitrogen and oxygen atoms in total. The van der Waals surface area contributed by atoms with E-state index in [1.807, 2.05) is 0 Å². The topological polar surface area (TPSA) is 128 Å². The van der Waals surface area contributed by atoms with Crippen molar-refractivity contribution in [2.24, 2.45) is 5.10 Å². The summed E-state index contributed by atoms with van der Waals surface area (Å²) < 4.78 is 21.6. The number of carbonyl (C=O) groups excluding carboxylic acids is 3. The zero-order valence-electron chi connectivity index (χ0n) is 25.2. The van der Waals surface area contributed by atoms with Gasteiger partial charge in [-0.05, 0) is 67.1 Å². The third kappa shape index (κ3) is 7.52. The fraction of sp³-hybridized carbons (Fsp3) is 0.118. The highest BCUT2D eigenvalue weighted by Crippen LogP contribution is 2.41. The van der Waals surface area contributed by atoms with Crippen molar-refractivity contribution >= 4 is 69.8 Å². The Balaban J connectivity index is 1.37. The fourth-order valence-corrected chi connectivity index (χ4v) is 5.54. The SMILES string of the molecule is CCOc1cc(C=NNC(=O)c2[nH]c3cc(Cl)cc(Cl)c3c2-c2ccccc2Cl)ccc1OC(=O)c1ccc(OC(C)=O)c(OC)c1. The number of hydrazone groups is 1. The maximum absolute atomic E-state index is 13.4. The summed E-state index contributed by atoms with van der Waals surface area (Å²) in [4.78, 5) is 40.8. The van der Waals surface area contributed by atoms with Crippen LogP contribution in [0.25, 0.3) is 22.0 Å². The molecule has 0 aliphatic heterocycles. The van der Waals surface area contributed by atoms with Gasteiger partial charge in [-0.15, -0.1) is 0 Å². The molecule has 0 aliphatic rings. The van der Waals surface area contributed by atoms with Crippen LogP contribution >= 0.6 is 34.8 Å². The number of aromatic amines is 1. The molecule has 13 heteroatoms. The summed E-state index contributed by atoms with van der Waals surface area (Å²) in [5, 5.41) is 5.89. The molecule has 1 aromatic heterocycles. The van der Waals surface area contributed by atoms with Crippen LogP contribution in [-0.2, 0) is 4.79 Å². The Morgan fingerprint density at radius 1 is 0.872 bits per heavy atom. The number of hydrogen-bond donors (Lipinski definition) is 2. The van der Waals surface area contributed by atoms with Crippen molar-refractivity contribution in [1.82, 2.24) is 10.4 Å². The lowest BCUT2D eigenvalue weighted by Crippen LogP contribution is -2.19. The second kappa shape index (κ2) is 14.6. The van der Waals surface area contributed by atoms with Gasteiger partial charge in [-0.3, -0.25) is 9.59 Å². The van der Waals surface area contributed by atoms with E-state index in [0.717, 1.165) is 0 Å². The second-order valence-corrected chi connectivity index (χ2v) is 11.1. The summed E-state index contributed by atoms with van der Waals surface area (Å²) in [6.45, 7) is 3.32. The first kappa shape index (κ1) is 33.3. The van der Waals surface area contributed by atoms with Crippen molar-refractivity contribution in [3.05, 3.63) is 105 Å². The fourth-order valence-electron chi connectivity index (χ4n) is 4.72. The number of benzene rings is 4. The molecule has 0 bridgehead atoms. The van der Waals surface area contributed by atoms with Gasteiger partial charge < -0.3 is 23.9 Å². The van der Waals surface area contributed by atoms with Crippen molar-refractivity contribution in [2.45, 2.75) is 13.8 Å². The number of fused-ring (bicyclic) bond motifs is 1. The standard InChI is InChI=1S/C34H26Cl3N3O7/c1-4-45-29-13-19(9-11-27(29)47-34(43)20-10-12-26(46-18(2)41)28(14-20)44-3)17-38-40-33(42)32-30(22-7-5-6-8-23(22)36)31-24(37)15-21(35)16-25(31)39-32/h5-17,39H,4H2,1-3H3,(H,40,42). The number of H-pyrrole nitrogens is 1. The Morgan fingerprint density at radius 2 is 1.62 bits per heavy atom. The number of nitrogens with zero attached hydrogens (tertiary/aromatic N) is 1. The van der Waals surface area contributed by atoms with Crippen LogP contribution in [0, 0.1) is 0 Å². The van der Waals surface area contributed by atoms with Crippen molar-refractivity contribution in [3.8, 4) is 34.1 Å². The van der Waals surface area contributed by atoms with E-state index in [4.69, 9.17) is 53.8 Å². The van der Waals surface area contributed by atoms with E-state index in [9.17, 15) is 14.4 Å². The van der Waals surface area contributed by atoms with Crippen molar-refractivity contribution < 1.29 is 33.3 Å². The molecule has 0 saturated heterocycles. The molecule has 0 fully saturated rings. The molecule has 1 heterocycles. The Labute approximate surface area is 284 Å². The third-order valence-electron chi connectivity index (χ3n) is 6.69. The molecule has 47 heavy (non-hydrogen) atoms. The number of halogens is 3. The van der Waals surface area contributed by atoms with Crippen molar-refractivity contribution in [1.29, 1.82) is 0 Å². The molecule has 240 valence electrons. The first-order valence-corrected chi connectivity index (χ1v) is 15.2. The second-order valence-electron chi connectivity index (χ2n) is 9.85. The average molecular weight is 695 g/mol. The number of nitrogens with one attached hydrogen (secondary N) is 2. The summed E-state index contributed by atoms with van der Waals surface area (Å²) in [5.74, 6) is -1.00. The molecular weight excluding hydrogens is 669 g/mol. The zero-order valence-corrected chi connectivity index (χ0v) is 27.4. The number of rotatable bonds is 10. The van der Waals surface area contributed by atoms with Gasteiger partial charge in [0.1, 0.15) is 5.69 Å². The van der Waals surface area contributed by atoms with Crippen LogP contribution < -0.4 is 24.4 Å². The molecular formula is C34H26Cl3N3O7. The quantitative estimate of drug-likeness (QED) is 0.0654. The van der Waals surface area contributed by atoms with E-state index in [-0.39, 0.29) is 40.9 Å². The molecule has 1 amide bonds. The minimum absolute atomic E-state index is 0.152. The number of amides is 1. The largest absolute Gasteiger partial charge is 0.493 e. The molecule has 0 aliphatic carbocycles. The van der Waals surface area contributed by atoms with Gasteiger partial charge in [0.05, 0.1) is 30.5 Å². The molecule has 5 aromatic rings. The van der Waals surface area contributed by atoms with E-state index in [1.54, 1.807) is 55.5 Å². The van der Waals surface area contributed by atoms with Crippen LogP contribution in [0.15, 0.2) is 77.9 Å².